The first-order valence-electron chi connectivity index (χ1n) is 9.11. The summed E-state index contributed by atoms with van der Waals surface area (Å²) in [7, 11) is 0. The van der Waals surface area contributed by atoms with E-state index in [0.29, 0.717) is 30.2 Å². The lowest BCUT2D eigenvalue weighted by Crippen LogP contribution is -2.42. The molecule has 2 atom stereocenters. The Hall–Kier alpha value is -1.94. The van der Waals surface area contributed by atoms with Crippen molar-refractivity contribution in [3.05, 3.63) is 47.0 Å². The molecule has 1 amide bonds. The highest BCUT2D eigenvalue weighted by molar-refractivity contribution is 8.00. The highest BCUT2D eigenvalue weighted by atomic mass is 35.5. The van der Waals surface area contributed by atoms with E-state index in [-0.39, 0.29) is 17.7 Å². The van der Waals surface area contributed by atoms with Crippen LogP contribution in [0.1, 0.15) is 24.8 Å². The number of hydrogen-bond donors (Lipinski definition) is 2. The fourth-order valence-electron chi connectivity index (χ4n) is 2.92. The summed E-state index contributed by atoms with van der Waals surface area (Å²) in [5.74, 6) is 5.50. The van der Waals surface area contributed by atoms with Gasteiger partial charge in [-0.2, -0.15) is 0 Å². The van der Waals surface area contributed by atoms with Crippen molar-refractivity contribution in [2.75, 3.05) is 18.1 Å². The standard InChI is InChI=1S/C21H24ClNO4S/c22-17-8-6-16(7-9-17)14-19(24)11-10-18-4-3-5-20(25)23(18)12-1-2-13-28-15-21(26)27/h6-11,18-19,24H,3-5,12-15H2,(H,26,27)/b11-10+/t18-,19?/m1/s1. The molecular formula is C21H24ClNO4S. The van der Waals surface area contributed by atoms with E-state index in [2.05, 4.69) is 11.8 Å². The average Bonchev–Trinajstić information content (AvgIpc) is 2.66. The number of thioether (sulfide) groups is 1. The molecule has 5 nitrogen and oxygen atoms in total. The minimum Gasteiger partial charge on any atom is -0.481 e. The van der Waals surface area contributed by atoms with Gasteiger partial charge in [-0.15, -0.1) is 11.8 Å². The van der Waals surface area contributed by atoms with Crippen LogP contribution in [0.4, 0.5) is 0 Å². The second-order valence-corrected chi connectivity index (χ2v) is 7.93. The van der Waals surface area contributed by atoms with Gasteiger partial charge in [0.2, 0.25) is 5.91 Å². The van der Waals surface area contributed by atoms with Crippen LogP contribution in [0.15, 0.2) is 36.4 Å². The number of likely N-dealkylation sites (tertiary alicyclic amines) is 1. The molecule has 0 aromatic heterocycles. The molecule has 150 valence electrons. The van der Waals surface area contributed by atoms with Crippen LogP contribution in [-0.4, -0.2) is 57.2 Å². The summed E-state index contributed by atoms with van der Waals surface area (Å²) in [5, 5.41) is 19.5. The molecule has 1 aliphatic rings. The molecule has 0 aliphatic carbocycles. The molecular weight excluding hydrogens is 398 g/mol. The Labute approximate surface area is 174 Å². The number of carbonyl (C=O) groups is 2. The highest BCUT2D eigenvalue weighted by Crippen LogP contribution is 2.19. The highest BCUT2D eigenvalue weighted by Gasteiger charge is 2.25. The Bertz CT molecular complexity index is 754. The van der Waals surface area contributed by atoms with Gasteiger partial charge in [-0.3, -0.25) is 9.59 Å². The molecule has 1 fully saturated rings. The Kier molecular flexibility index (Phi) is 9.42. The van der Waals surface area contributed by atoms with E-state index in [1.165, 1.54) is 11.8 Å². The molecule has 2 N–H and O–H groups in total. The van der Waals surface area contributed by atoms with Gasteiger partial charge in [-0.25, -0.2) is 0 Å². The van der Waals surface area contributed by atoms with Gasteiger partial charge >= 0.3 is 5.97 Å². The second-order valence-electron chi connectivity index (χ2n) is 6.50. The van der Waals surface area contributed by atoms with Crippen LogP contribution in [0.2, 0.25) is 5.02 Å². The maximum Gasteiger partial charge on any atom is 0.313 e. The third-order valence-corrected chi connectivity index (χ3v) is 5.35. The number of amides is 1. The van der Waals surface area contributed by atoms with Crippen LogP contribution < -0.4 is 0 Å². The van der Waals surface area contributed by atoms with Crippen molar-refractivity contribution in [3.8, 4) is 11.8 Å². The summed E-state index contributed by atoms with van der Waals surface area (Å²) < 4.78 is 0. The molecule has 0 spiro atoms. The van der Waals surface area contributed by atoms with Crippen molar-refractivity contribution in [2.24, 2.45) is 0 Å². The summed E-state index contributed by atoms with van der Waals surface area (Å²) in [4.78, 5) is 24.4. The van der Waals surface area contributed by atoms with Crippen molar-refractivity contribution >= 4 is 35.2 Å². The van der Waals surface area contributed by atoms with E-state index in [1.807, 2.05) is 18.2 Å². The number of aliphatic hydroxyl groups is 1. The fraction of sp³-hybridized carbons (Fsp3) is 0.429. The SMILES string of the molecule is O=C(O)CSCC#CCN1C(=O)CCC[C@@H]1/C=C/C(O)Cc1ccc(Cl)cc1. The monoisotopic (exact) mass is 421 g/mol. The molecule has 0 saturated carbocycles. The van der Waals surface area contributed by atoms with E-state index >= 15 is 0 Å². The third-order valence-electron chi connectivity index (χ3n) is 4.30. The minimum atomic E-state index is -0.861. The van der Waals surface area contributed by atoms with Gasteiger partial charge in [0.1, 0.15) is 0 Å². The average molecular weight is 422 g/mol. The molecule has 1 aromatic carbocycles. The first-order valence-corrected chi connectivity index (χ1v) is 10.6. The first kappa shape index (κ1) is 22.4. The lowest BCUT2D eigenvalue weighted by Gasteiger charge is -2.32. The zero-order chi connectivity index (χ0) is 20.4. The molecule has 1 heterocycles. The van der Waals surface area contributed by atoms with Gasteiger partial charge in [-0.1, -0.05) is 47.7 Å². The normalized spacial score (nSPS) is 18.0. The largest absolute Gasteiger partial charge is 0.481 e. The third kappa shape index (κ3) is 7.97. The van der Waals surface area contributed by atoms with Crippen LogP contribution in [-0.2, 0) is 16.0 Å². The molecule has 1 aromatic rings. The molecule has 0 bridgehead atoms. The number of carbonyl (C=O) groups excluding carboxylic acids is 1. The van der Waals surface area contributed by atoms with Crippen LogP contribution in [0, 0.1) is 11.8 Å². The quantitative estimate of drug-likeness (QED) is 0.383. The van der Waals surface area contributed by atoms with E-state index in [9.17, 15) is 14.7 Å². The minimum absolute atomic E-state index is 0.0220. The number of benzene rings is 1. The lowest BCUT2D eigenvalue weighted by molar-refractivity contribution is -0.135. The Balaban J connectivity index is 1.88. The van der Waals surface area contributed by atoms with Crippen LogP contribution in [0.3, 0.4) is 0 Å². The van der Waals surface area contributed by atoms with Crippen LogP contribution in [0.25, 0.3) is 0 Å². The summed E-state index contributed by atoms with van der Waals surface area (Å²) >= 11 is 7.11. The van der Waals surface area contributed by atoms with Gasteiger partial charge in [0.25, 0.3) is 0 Å². The first-order chi connectivity index (χ1) is 13.5. The number of aliphatic carboxylic acids is 1. The molecule has 2 rings (SSSR count). The maximum atomic E-state index is 12.2. The van der Waals surface area contributed by atoms with Gasteiger partial charge < -0.3 is 15.1 Å². The number of carboxylic acid groups (broad SMARTS) is 1. The number of piperidine rings is 1. The van der Waals surface area contributed by atoms with Crippen LogP contribution in [0.5, 0.6) is 0 Å². The summed E-state index contributed by atoms with van der Waals surface area (Å²) in [6, 6.07) is 7.27. The number of carboxylic acids is 1. The smallest absolute Gasteiger partial charge is 0.313 e. The fourth-order valence-corrected chi connectivity index (χ4v) is 3.53. The van der Waals surface area contributed by atoms with Gasteiger partial charge in [-0.05, 0) is 30.5 Å². The number of halogens is 1. The van der Waals surface area contributed by atoms with Crippen molar-refractivity contribution in [1.82, 2.24) is 4.90 Å². The second kappa shape index (κ2) is 11.8. The molecule has 7 heteroatoms. The predicted molar refractivity (Wildman–Crippen MR) is 112 cm³/mol. The van der Waals surface area contributed by atoms with E-state index < -0.39 is 12.1 Å². The maximum absolute atomic E-state index is 12.2. The zero-order valence-corrected chi connectivity index (χ0v) is 17.1. The number of aliphatic hydroxyl groups excluding tert-OH is 1. The summed E-state index contributed by atoms with van der Waals surface area (Å²) in [6.07, 6.45) is 5.63. The van der Waals surface area contributed by atoms with E-state index in [1.54, 1.807) is 23.1 Å². The van der Waals surface area contributed by atoms with Gasteiger partial charge in [0, 0.05) is 17.9 Å². The number of hydrogen-bond acceptors (Lipinski definition) is 4. The number of nitrogens with zero attached hydrogens (tertiary/aromatic N) is 1. The molecule has 1 saturated heterocycles. The van der Waals surface area contributed by atoms with E-state index in [4.69, 9.17) is 16.7 Å². The summed E-state index contributed by atoms with van der Waals surface area (Å²) in [6.45, 7) is 0.314. The molecule has 0 radical (unpaired) electrons. The Morgan fingerprint density at radius 1 is 1.36 bits per heavy atom. The van der Waals surface area contributed by atoms with E-state index in [0.717, 1.165) is 18.4 Å². The van der Waals surface area contributed by atoms with Crippen molar-refractivity contribution in [1.29, 1.82) is 0 Å². The van der Waals surface area contributed by atoms with Gasteiger partial charge in [0.15, 0.2) is 0 Å². The van der Waals surface area contributed by atoms with Crippen molar-refractivity contribution in [2.45, 2.75) is 37.8 Å². The van der Waals surface area contributed by atoms with Crippen LogP contribution >= 0.6 is 23.4 Å². The lowest BCUT2D eigenvalue weighted by atomic mass is 9.99. The summed E-state index contributed by atoms with van der Waals surface area (Å²) in [5.41, 5.74) is 0.989. The topological polar surface area (TPSA) is 77.8 Å². The molecule has 28 heavy (non-hydrogen) atoms. The number of rotatable bonds is 8. The Morgan fingerprint density at radius 3 is 2.82 bits per heavy atom. The predicted octanol–water partition coefficient (Wildman–Crippen LogP) is 3.00. The molecule has 1 unspecified atom stereocenters. The molecule has 1 aliphatic heterocycles. The van der Waals surface area contributed by atoms with Crippen molar-refractivity contribution < 1.29 is 19.8 Å². The van der Waals surface area contributed by atoms with Crippen molar-refractivity contribution in [3.63, 3.8) is 0 Å². The zero-order valence-electron chi connectivity index (χ0n) is 15.5. The Morgan fingerprint density at radius 2 is 2.11 bits per heavy atom. The van der Waals surface area contributed by atoms with Gasteiger partial charge in [0.05, 0.1) is 30.2 Å².